The lowest BCUT2D eigenvalue weighted by Crippen LogP contribution is -2.28. The van der Waals surface area contributed by atoms with Crippen LogP contribution in [0.4, 0.5) is 0 Å². The van der Waals surface area contributed by atoms with Gasteiger partial charge in [-0.1, -0.05) is 72.4 Å². The number of aryl methyl sites for hydroxylation is 1. The molecule has 0 spiro atoms. The van der Waals surface area contributed by atoms with Crippen LogP contribution in [0.1, 0.15) is 31.0 Å². The minimum absolute atomic E-state index is 0.0197. The molecule has 0 saturated carbocycles. The van der Waals surface area contributed by atoms with E-state index in [2.05, 4.69) is 76.4 Å². The van der Waals surface area contributed by atoms with Gasteiger partial charge in [0.15, 0.2) is 11.0 Å². The summed E-state index contributed by atoms with van der Waals surface area (Å²) in [6, 6.07) is 22.6. The van der Waals surface area contributed by atoms with Crippen LogP contribution in [0.5, 0.6) is 0 Å². The van der Waals surface area contributed by atoms with Crippen LogP contribution in [-0.4, -0.2) is 26.4 Å². The minimum atomic E-state index is -0.0655. The zero-order chi connectivity index (χ0) is 21.8. The number of benzene rings is 3. The molecule has 1 atom stereocenters. The van der Waals surface area contributed by atoms with Gasteiger partial charge in [0.25, 0.3) is 0 Å². The van der Waals surface area contributed by atoms with Crippen molar-refractivity contribution in [2.24, 2.45) is 0 Å². The van der Waals surface area contributed by atoms with Crippen LogP contribution in [0.25, 0.3) is 22.2 Å². The van der Waals surface area contributed by atoms with Gasteiger partial charge in [-0.15, -0.1) is 10.2 Å². The quantitative estimate of drug-likeness (QED) is 0.399. The molecule has 1 heterocycles. The summed E-state index contributed by atoms with van der Waals surface area (Å²) in [7, 11) is 0. The summed E-state index contributed by atoms with van der Waals surface area (Å²) in [5, 5.41) is 15.0. The molecule has 5 nitrogen and oxygen atoms in total. The first-order valence-corrected chi connectivity index (χ1v) is 11.5. The van der Waals surface area contributed by atoms with Crippen molar-refractivity contribution in [3.63, 3.8) is 0 Å². The van der Waals surface area contributed by atoms with Gasteiger partial charge in [0, 0.05) is 12.1 Å². The molecule has 0 saturated heterocycles. The van der Waals surface area contributed by atoms with Crippen molar-refractivity contribution >= 4 is 28.4 Å². The average Bonchev–Trinajstić information content (AvgIpc) is 3.20. The van der Waals surface area contributed by atoms with Gasteiger partial charge in [-0.05, 0) is 48.7 Å². The average molecular weight is 431 g/mol. The number of nitrogens with one attached hydrogen (secondary N) is 1. The highest BCUT2D eigenvalue weighted by Gasteiger charge is 2.17. The lowest BCUT2D eigenvalue weighted by Gasteiger charge is -2.15. The third kappa shape index (κ3) is 4.64. The molecule has 0 aliphatic heterocycles. The molecule has 1 amide bonds. The molecule has 4 rings (SSSR count). The molecule has 3 aromatic carbocycles. The van der Waals surface area contributed by atoms with Crippen molar-refractivity contribution in [2.45, 2.75) is 38.5 Å². The maximum Gasteiger partial charge on any atom is 0.230 e. The Hall–Kier alpha value is -3.12. The van der Waals surface area contributed by atoms with Gasteiger partial charge in [-0.2, -0.15) is 0 Å². The number of carbonyl (C=O) groups excluding carboxylic acids is 1. The van der Waals surface area contributed by atoms with Gasteiger partial charge < -0.3 is 9.88 Å². The molecule has 4 aromatic rings. The van der Waals surface area contributed by atoms with E-state index in [1.807, 2.05) is 31.2 Å². The number of nitrogens with zero attached hydrogens (tertiary/aromatic N) is 3. The number of fused-ring (bicyclic) bond motifs is 1. The molecule has 1 unspecified atom stereocenters. The highest BCUT2D eigenvalue weighted by atomic mass is 32.2. The standard InChI is InChI=1S/C25H26N4OS/c1-4-29-24(22-12-8-5-9-17(22)2)27-28-25(29)31-16-23(30)26-18(3)20-14-13-19-10-6-7-11-21(19)15-20/h5-15,18H,4,16H2,1-3H3,(H,26,30). The molecule has 1 N–H and O–H groups in total. The first-order valence-electron chi connectivity index (χ1n) is 10.5. The van der Waals surface area contributed by atoms with Crippen LogP contribution >= 0.6 is 11.8 Å². The fraction of sp³-hybridized carbons (Fsp3) is 0.240. The zero-order valence-corrected chi connectivity index (χ0v) is 18.8. The van der Waals surface area contributed by atoms with E-state index in [0.29, 0.717) is 5.75 Å². The van der Waals surface area contributed by atoms with Crippen molar-refractivity contribution in [3.05, 3.63) is 77.9 Å². The first-order chi connectivity index (χ1) is 15.1. The van der Waals surface area contributed by atoms with Gasteiger partial charge in [-0.3, -0.25) is 4.79 Å². The number of amides is 1. The Morgan fingerprint density at radius 1 is 1.03 bits per heavy atom. The second kappa shape index (κ2) is 9.35. The predicted octanol–water partition coefficient (Wildman–Crippen LogP) is 5.40. The Morgan fingerprint density at radius 2 is 1.77 bits per heavy atom. The summed E-state index contributed by atoms with van der Waals surface area (Å²) in [5.74, 6) is 1.12. The van der Waals surface area contributed by atoms with Crippen molar-refractivity contribution in [1.82, 2.24) is 20.1 Å². The van der Waals surface area contributed by atoms with E-state index in [1.54, 1.807) is 0 Å². The van der Waals surface area contributed by atoms with E-state index in [0.717, 1.165) is 34.2 Å². The number of aromatic nitrogens is 3. The van der Waals surface area contributed by atoms with Crippen LogP contribution in [-0.2, 0) is 11.3 Å². The topological polar surface area (TPSA) is 59.8 Å². The first kappa shape index (κ1) is 21.1. The van der Waals surface area contributed by atoms with Crippen molar-refractivity contribution in [2.75, 3.05) is 5.75 Å². The van der Waals surface area contributed by atoms with Crippen LogP contribution in [0.2, 0.25) is 0 Å². The highest BCUT2D eigenvalue weighted by molar-refractivity contribution is 7.99. The zero-order valence-electron chi connectivity index (χ0n) is 18.0. The largest absolute Gasteiger partial charge is 0.349 e. The molecule has 0 aliphatic rings. The Morgan fingerprint density at radius 3 is 2.55 bits per heavy atom. The van der Waals surface area contributed by atoms with Crippen molar-refractivity contribution in [1.29, 1.82) is 0 Å². The summed E-state index contributed by atoms with van der Waals surface area (Å²) < 4.78 is 2.06. The smallest absolute Gasteiger partial charge is 0.230 e. The van der Waals surface area contributed by atoms with E-state index in [-0.39, 0.29) is 11.9 Å². The molecule has 6 heteroatoms. The van der Waals surface area contributed by atoms with Gasteiger partial charge in [-0.25, -0.2) is 0 Å². The summed E-state index contributed by atoms with van der Waals surface area (Å²) in [4.78, 5) is 12.6. The van der Waals surface area contributed by atoms with Gasteiger partial charge in [0.05, 0.1) is 11.8 Å². The van der Waals surface area contributed by atoms with E-state index in [1.165, 1.54) is 22.5 Å². The molecular weight excluding hydrogens is 404 g/mol. The maximum absolute atomic E-state index is 12.6. The molecule has 0 bridgehead atoms. The van der Waals surface area contributed by atoms with Crippen molar-refractivity contribution in [3.8, 4) is 11.4 Å². The molecule has 1 aromatic heterocycles. The predicted molar refractivity (Wildman–Crippen MR) is 127 cm³/mol. The van der Waals surface area contributed by atoms with Gasteiger partial charge >= 0.3 is 0 Å². The summed E-state index contributed by atoms with van der Waals surface area (Å²) in [6.45, 7) is 6.89. The van der Waals surface area contributed by atoms with Crippen LogP contribution in [0.3, 0.4) is 0 Å². The second-order valence-electron chi connectivity index (χ2n) is 7.55. The van der Waals surface area contributed by atoms with E-state index >= 15 is 0 Å². The third-order valence-corrected chi connectivity index (χ3v) is 6.37. The Bertz CT molecular complexity index is 1220. The number of carbonyl (C=O) groups is 1. The summed E-state index contributed by atoms with van der Waals surface area (Å²) >= 11 is 1.42. The number of hydrogen-bond donors (Lipinski definition) is 1. The van der Waals surface area contributed by atoms with Crippen LogP contribution < -0.4 is 5.32 Å². The molecular formula is C25H26N4OS. The molecule has 31 heavy (non-hydrogen) atoms. The maximum atomic E-state index is 12.6. The normalized spacial score (nSPS) is 12.1. The number of rotatable bonds is 7. The molecule has 0 aliphatic carbocycles. The second-order valence-corrected chi connectivity index (χ2v) is 8.49. The van der Waals surface area contributed by atoms with Crippen LogP contribution in [0.15, 0.2) is 71.9 Å². The molecule has 158 valence electrons. The Balaban J connectivity index is 1.42. The highest BCUT2D eigenvalue weighted by Crippen LogP contribution is 2.26. The Kier molecular flexibility index (Phi) is 6.37. The SMILES string of the molecule is CCn1c(SCC(=O)NC(C)c2ccc3ccccc3c2)nnc1-c1ccccc1C. The minimum Gasteiger partial charge on any atom is -0.349 e. The van der Waals surface area contributed by atoms with E-state index in [9.17, 15) is 4.79 Å². The third-order valence-electron chi connectivity index (χ3n) is 5.40. The number of thioether (sulfide) groups is 1. The van der Waals surface area contributed by atoms with E-state index in [4.69, 9.17) is 0 Å². The van der Waals surface area contributed by atoms with Gasteiger partial charge in [0.2, 0.25) is 5.91 Å². The lowest BCUT2D eigenvalue weighted by molar-refractivity contribution is -0.119. The Labute approximate surface area is 186 Å². The monoisotopic (exact) mass is 430 g/mol. The summed E-state index contributed by atoms with van der Waals surface area (Å²) in [6.07, 6.45) is 0. The fourth-order valence-corrected chi connectivity index (χ4v) is 4.49. The summed E-state index contributed by atoms with van der Waals surface area (Å²) in [5.41, 5.74) is 3.32. The fourth-order valence-electron chi connectivity index (χ4n) is 3.68. The number of hydrogen-bond acceptors (Lipinski definition) is 4. The lowest BCUT2D eigenvalue weighted by atomic mass is 10.0. The van der Waals surface area contributed by atoms with Crippen molar-refractivity contribution < 1.29 is 4.79 Å². The molecule has 0 fully saturated rings. The molecule has 0 radical (unpaired) electrons. The van der Waals surface area contributed by atoms with Gasteiger partial charge in [0.1, 0.15) is 0 Å². The van der Waals surface area contributed by atoms with Crippen LogP contribution in [0, 0.1) is 6.92 Å². The van der Waals surface area contributed by atoms with E-state index < -0.39 is 0 Å².